The van der Waals surface area contributed by atoms with E-state index in [0.29, 0.717) is 17.6 Å². The van der Waals surface area contributed by atoms with Crippen LogP contribution in [0.5, 0.6) is 0 Å². The normalized spacial score (nSPS) is 28.1. The number of aryl methyl sites for hydroxylation is 1. The Morgan fingerprint density at radius 1 is 1.11 bits per heavy atom. The molecule has 0 N–H and O–H groups in total. The molecule has 0 aliphatic heterocycles. The second-order valence-electron chi connectivity index (χ2n) is 6.00. The SMILES string of the molecule is Cc1cc(Br)cc(C(=O)C2CC(C)CC(C)C2)c1. The second-order valence-corrected chi connectivity index (χ2v) is 6.91. The van der Waals surface area contributed by atoms with Crippen molar-refractivity contribution >= 4 is 21.7 Å². The van der Waals surface area contributed by atoms with Crippen molar-refractivity contribution < 1.29 is 4.79 Å². The first-order chi connectivity index (χ1) is 8.45. The van der Waals surface area contributed by atoms with Crippen LogP contribution in [0.1, 0.15) is 49.0 Å². The van der Waals surface area contributed by atoms with E-state index < -0.39 is 0 Å². The number of carbonyl (C=O) groups is 1. The summed E-state index contributed by atoms with van der Waals surface area (Å²) in [7, 11) is 0. The Morgan fingerprint density at radius 3 is 2.28 bits per heavy atom. The number of ketones is 1. The lowest BCUT2D eigenvalue weighted by Crippen LogP contribution is -2.26. The van der Waals surface area contributed by atoms with Crippen molar-refractivity contribution in [2.75, 3.05) is 0 Å². The van der Waals surface area contributed by atoms with Gasteiger partial charge in [0.25, 0.3) is 0 Å². The molecule has 0 aromatic heterocycles. The molecule has 0 heterocycles. The molecule has 0 radical (unpaired) electrons. The van der Waals surface area contributed by atoms with Crippen LogP contribution in [-0.4, -0.2) is 5.78 Å². The summed E-state index contributed by atoms with van der Waals surface area (Å²) >= 11 is 3.48. The van der Waals surface area contributed by atoms with Gasteiger partial charge < -0.3 is 0 Å². The van der Waals surface area contributed by atoms with E-state index in [1.165, 1.54) is 6.42 Å². The Morgan fingerprint density at radius 2 is 1.72 bits per heavy atom. The third-order valence-corrected chi connectivity index (χ3v) is 4.33. The molecule has 0 spiro atoms. The van der Waals surface area contributed by atoms with Gasteiger partial charge in [0.15, 0.2) is 5.78 Å². The summed E-state index contributed by atoms with van der Waals surface area (Å²) in [6.07, 6.45) is 3.37. The maximum atomic E-state index is 12.6. The lowest BCUT2D eigenvalue weighted by atomic mass is 9.74. The molecular formula is C16H21BrO. The summed E-state index contributed by atoms with van der Waals surface area (Å²) in [4.78, 5) is 12.6. The van der Waals surface area contributed by atoms with Gasteiger partial charge in [0.2, 0.25) is 0 Å². The number of rotatable bonds is 2. The Labute approximate surface area is 118 Å². The number of halogens is 1. The molecule has 18 heavy (non-hydrogen) atoms. The molecule has 0 saturated heterocycles. The molecule has 2 unspecified atom stereocenters. The average molecular weight is 309 g/mol. The van der Waals surface area contributed by atoms with Crippen LogP contribution in [0.4, 0.5) is 0 Å². The number of hydrogen-bond donors (Lipinski definition) is 0. The maximum absolute atomic E-state index is 12.6. The highest BCUT2D eigenvalue weighted by atomic mass is 79.9. The van der Waals surface area contributed by atoms with Crippen molar-refractivity contribution in [3.63, 3.8) is 0 Å². The minimum Gasteiger partial charge on any atom is -0.294 e. The first-order valence-electron chi connectivity index (χ1n) is 6.77. The summed E-state index contributed by atoms with van der Waals surface area (Å²) in [6.45, 7) is 6.57. The lowest BCUT2D eigenvalue weighted by molar-refractivity contribution is 0.0836. The van der Waals surface area contributed by atoms with Crippen LogP contribution in [0.25, 0.3) is 0 Å². The van der Waals surface area contributed by atoms with E-state index in [0.717, 1.165) is 28.4 Å². The number of hydrogen-bond acceptors (Lipinski definition) is 1. The van der Waals surface area contributed by atoms with E-state index in [2.05, 4.69) is 29.8 Å². The van der Waals surface area contributed by atoms with Gasteiger partial charge in [-0.05, 0) is 61.8 Å². The third kappa shape index (κ3) is 3.23. The maximum Gasteiger partial charge on any atom is 0.166 e. The molecule has 1 aliphatic carbocycles. The minimum absolute atomic E-state index is 0.220. The summed E-state index contributed by atoms with van der Waals surface area (Å²) in [6, 6.07) is 6.01. The number of carbonyl (C=O) groups excluding carboxylic acids is 1. The highest BCUT2D eigenvalue weighted by Gasteiger charge is 2.29. The zero-order chi connectivity index (χ0) is 13.3. The third-order valence-electron chi connectivity index (χ3n) is 3.88. The Balaban J connectivity index is 2.20. The molecule has 0 bridgehead atoms. The second kappa shape index (κ2) is 5.56. The zero-order valence-electron chi connectivity index (χ0n) is 11.4. The predicted molar refractivity (Wildman–Crippen MR) is 78.9 cm³/mol. The predicted octanol–water partition coefficient (Wildman–Crippen LogP) is 5.01. The smallest absolute Gasteiger partial charge is 0.166 e. The Bertz CT molecular complexity index is 422. The van der Waals surface area contributed by atoms with Crippen LogP contribution in [0.3, 0.4) is 0 Å². The van der Waals surface area contributed by atoms with Gasteiger partial charge in [-0.25, -0.2) is 0 Å². The van der Waals surface area contributed by atoms with Crippen LogP contribution in [0.15, 0.2) is 22.7 Å². The highest BCUT2D eigenvalue weighted by molar-refractivity contribution is 9.10. The summed E-state index contributed by atoms with van der Waals surface area (Å²) in [5, 5.41) is 0. The van der Waals surface area contributed by atoms with Crippen LogP contribution in [0, 0.1) is 24.7 Å². The minimum atomic E-state index is 0.220. The van der Waals surface area contributed by atoms with Gasteiger partial charge in [0, 0.05) is 16.0 Å². The van der Waals surface area contributed by atoms with Crippen molar-refractivity contribution in [2.24, 2.45) is 17.8 Å². The van der Waals surface area contributed by atoms with Crippen LogP contribution >= 0.6 is 15.9 Å². The molecule has 1 aromatic carbocycles. The first-order valence-corrected chi connectivity index (χ1v) is 7.56. The van der Waals surface area contributed by atoms with Gasteiger partial charge in [0.1, 0.15) is 0 Å². The average Bonchev–Trinajstić information content (AvgIpc) is 2.25. The number of Topliss-reactive ketones (excluding diaryl/α,β-unsaturated/α-hetero) is 1. The zero-order valence-corrected chi connectivity index (χ0v) is 13.0. The van der Waals surface area contributed by atoms with Crippen molar-refractivity contribution in [2.45, 2.75) is 40.0 Å². The van der Waals surface area contributed by atoms with E-state index in [1.54, 1.807) is 0 Å². The van der Waals surface area contributed by atoms with E-state index in [9.17, 15) is 4.79 Å². The molecule has 1 aromatic rings. The fourth-order valence-electron chi connectivity index (χ4n) is 3.28. The molecule has 2 atom stereocenters. The standard InChI is InChI=1S/C16H21BrO/c1-10-4-11(2)6-13(5-10)16(18)14-7-12(3)8-15(17)9-14/h7-11,13H,4-6H2,1-3H3. The summed E-state index contributed by atoms with van der Waals surface area (Å²) in [5.74, 6) is 1.90. The number of benzene rings is 1. The van der Waals surface area contributed by atoms with Gasteiger partial charge in [-0.15, -0.1) is 0 Å². The Hall–Kier alpha value is -0.630. The van der Waals surface area contributed by atoms with Crippen molar-refractivity contribution in [1.82, 2.24) is 0 Å². The molecule has 2 heteroatoms. The topological polar surface area (TPSA) is 17.1 Å². The van der Waals surface area contributed by atoms with Crippen LogP contribution in [-0.2, 0) is 0 Å². The quantitative estimate of drug-likeness (QED) is 0.702. The van der Waals surface area contributed by atoms with E-state index in [4.69, 9.17) is 0 Å². The van der Waals surface area contributed by atoms with Gasteiger partial charge >= 0.3 is 0 Å². The van der Waals surface area contributed by atoms with Crippen molar-refractivity contribution in [1.29, 1.82) is 0 Å². The monoisotopic (exact) mass is 308 g/mol. The van der Waals surface area contributed by atoms with E-state index >= 15 is 0 Å². The molecule has 1 fully saturated rings. The van der Waals surface area contributed by atoms with E-state index in [1.807, 2.05) is 25.1 Å². The fourth-order valence-corrected chi connectivity index (χ4v) is 3.88. The van der Waals surface area contributed by atoms with Crippen LogP contribution < -0.4 is 0 Å². The highest BCUT2D eigenvalue weighted by Crippen LogP contribution is 2.35. The van der Waals surface area contributed by atoms with Crippen LogP contribution in [0.2, 0.25) is 0 Å². The lowest BCUT2D eigenvalue weighted by Gasteiger charge is -2.30. The molecule has 1 saturated carbocycles. The largest absolute Gasteiger partial charge is 0.294 e. The molecule has 98 valence electrons. The van der Waals surface area contributed by atoms with Gasteiger partial charge in [-0.2, -0.15) is 0 Å². The Kier molecular flexibility index (Phi) is 4.26. The summed E-state index contributed by atoms with van der Waals surface area (Å²) in [5.41, 5.74) is 2.01. The van der Waals surface area contributed by atoms with Gasteiger partial charge in [0.05, 0.1) is 0 Å². The molecule has 1 aliphatic rings. The molecule has 2 rings (SSSR count). The van der Waals surface area contributed by atoms with Crippen molar-refractivity contribution in [3.8, 4) is 0 Å². The van der Waals surface area contributed by atoms with E-state index in [-0.39, 0.29) is 5.92 Å². The fraction of sp³-hybridized carbons (Fsp3) is 0.562. The van der Waals surface area contributed by atoms with Gasteiger partial charge in [-0.1, -0.05) is 29.8 Å². The van der Waals surface area contributed by atoms with Crippen molar-refractivity contribution in [3.05, 3.63) is 33.8 Å². The first kappa shape index (κ1) is 13.8. The molecular weight excluding hydrogens is 288 g/mol. The summed E-state index contributed by atoms with van der Waals surface area (Å²) < 4.78 is 1.00. The molecule has 0 amide bonds. The molecule has 1 nitrogen and oxygen atoms in total. The van der Waals surface area contributed by atoms with Gasteiger partial charge in [-0.3, -0.25) is 4.79 Å².